The third-order valence-electron chi connectivity index (χ3n) is 2.26. The van der Waals surface area contributed by atoms with Crippen LogP contribution in [-0.2, 0) is 9.90 Å². The van der Waals surface area contributed by atoms with Gasteiger partial charge in [-0.25, -0.2) is 10.2 Å². The van der Waals surface area contributed by atoms with E-state index >= 15 is 0 Å². The summed E-state index contributed by atoms with van der Waals surface area (Å²) in [5.74, 6) is -0.144. The normalized spacial score (nSPS) is 12.3. The van der Waals surface area contributed by atoms with E-state index in [2.05, 4.69) is 20.6 Å². The number of primary amides is 1. The van der Waals surface area contributed by atoms with Gasteiger partial charge in [0.1, 0.15) is 6.10 Å². The van der Waals surface area contributed by atoms with Crippen LogP contribution in [0, 0.1) is 0 Å². The Kier molecular flexibility index (Phi) is 3.10. The monoisotopic (exact) mass is 232 g/mol. The molecule has 7 nitrogen and oxygen atoms in total. The summed E-state index contributed by atoms with van der Waals surface area (Å²) in [4.78, 5) is 10.7. The minimum atomic E-state index is -1.16. The van der Waals surface area contributed by atoms with Crippen LogP contribution >= 0.6 is 0 Å². The van der Waals surface area contributed by atoms with E-state index in [9.17, 15) is 9.90 Å². The van der Waals surface area contributed by atoms with Crippen molar-refractivity contribution in [2.24, 2.45) is 5.73 Å². The number of nitrogens with two attached hydrogens (primary N) is 1. The van der Waals surface area contributed by atoms with Crippen molar-refractivity contribution >= 4 is 5.91 Å². The Bertz CT molecular complexity index is 511. The summed E-state index contributed by atoms with van der Waals surface area (Å²) in [7, 11) is 0. The molecular formula is C10H10N5O2. The van der Waals surface area contributed by atoms with E-state index in [0.717, 1.165) is 0 Å². The second-order valence-corrected chi connectivity index (χ2v) is 3.53. The first-order valence-electron chi connectivity index (χ1n) is 4.95. The molecule has 2 aromatic rings. The van der Waals surface area contributed by atoms with Gasteiger partial charge < -0.3 is 5.73 Å². The van der Waals surface area contributed by atoms with Crippen molar-refractivity contribution in [2.45, 2.75) is 12.5 Å². The highest BCUT2D eigenvalue weighted by Gasteiger charge is 2.14. The number of nitrogens with zero attached hydrogens (tertiary/aromatic N) is 3. The lowest BCUT2D eigenvalue weighted by atomic mass is 10.0. The molecule has 3 N–H and O–H groups in total. The molecule has 1 radical (unpaired) electrons. The first-order valence-corrected chi connectivity index (χ1v) is 4.95. The number of benzene rings is 1. The lowest BCUT2D eigenvalue weighted by molar-refractivity contribution is -0.120. The van der Waals surface area contributed by atoms with E-state index in [0.29, 0.717) is 17.0 Å². The fraction of sp³-hybridized carbons (Fsp3) is 0.200. The molecule has 1 amide bonds. The maximum Gasteiger partial charge on any atom is 0.220 e. The second kappa shape index (κ2) is 4.71. The predicted molar refractivity (Wildman–Crippen MR) is 56.9 cm³/mol. The summed E-state index contributed by atoms with van der Waals surface area (Å²) < 4.78 is 0. The Hall–Kier alpha value is -2.28. The quantitative estimate of drug-likeness (QED) is 0.783. The molecule has 1 atom stereocenters. The van der Waals surface area contributed by atoms with Gasteiger partial charge in [-0.05, 0) is 22.1 Å². The number of carbonyl (C=O) groups is 1. The number of hydrogen-bond acceptors (Lipinski definition) is 4. The molecular weight excluding hydrogens is 222 g/mol. The number of H-pyrrole nitrogens is 1. The topological polar surface area (TPSA) is 117 Å². The lowest BCUT2D eigenvalue weighted by Crippen LogP contribution is -2.14. The molecule has 0 aliphatic carbocycles. The molecule has 0 fully saturated rings. The van der Waals surface area contributed by atoms with Gasteiger partial charge in [-0.2, -0.15) is 0 Å². The SMILES string of the molecule is NC(=O)CC([O])c1cccc(-c2nnn[nH]2)c1. The molecule has 7 heteroatoms. The van der Waals surface area contributed by atoms with Crippen molar-refractivity contribution in [3.63, 3.8) is 0 Å². The summed E-state index contributed by atoms with van der Waals surface area (Å²) in [6, 6.07) is 6.76. The van der Waals surface area contributed by atoms with Crippen LogP contribution < -0.4 is 5.73 Å². The van der Waals surface area contributed by atoms with E-state index in [1.807, 2.05) is 0 Å². The summed E-state index contributed by atoms with van der Waals surface area (Å²) in [6.07, 6.45) is -1.39. The van der Waals surface area contributed by atoms with Gasteiger partial charge in [0.2, 0.25) is 5.91 Å². The predicted octanol–water partition coefficient (Wildman–Crippen LogP) is 0.214. The molecule has 0 saturated heterocycles. The maximum atomic E-state index is 11.7. The van der Waals surface area contributed by atoms with E-state index in [4.69, 9.17) is 5.73 Å². The van der Waals surface area contributed by atoms with Crippen LogP contribution in [0.4, 0.5) is 0 Å². The maximum absolute atomic E-state index is 11.7. The Balaban J connectivity index is 2.25. The van der Waals surface area contributed by atoms with Crippen molar-refractivity contribution in [2.75, 3.05) is 0 Å². The molecule has 1 heterocycles. The Morgan fingerprint density at radius 2 is 2.29 bits per heavy atom. The molecule has 0 aliphatic rings. The van der Waals surface area contributed by atoms with Gasteiger partial charge in [-0.1, -0.05) is 18.2 Å². The van der Waals surface area contributed by atoms with Gasteiger partial charge in [0.15, 0.2) is 5.82 Å². The summed E-state index contributed by atoms with van der Waals surface area (Å²) in [5.41, 5.74) is 6.16. The Morgan fingerprint density at radius 3 is 2.94 bits per heavy atom. The van der Waals surface area contributed by atoms with Crippen molar-refractivity contribution in [3.05, 3.63) is 29.8 Å². The van der Waals surface area contributed by atoms with Crippen LogP contribution in [0.5, 0.6) is 0 Å². The first kappa shape index (κ1) is 11.2. The van der Waals surface area contributed by atoms with Crippen LogP contribution in [-0.4, -0.2) is 26.5 Å². The molecule has 0 saturated carbocycles. The highest BCUT2D eigenvalue weighted by atomic mass is 16.3. The van der Waals surface area contributed by atoms with E-state index in [-0.39, 0.29) is 6.42 Å². The minimum absolute atomic E-state index is 0.224. The highest BCUT2D eigenvalue weighted by molar-refractivity contribution is 5.74. The van der Waals surface area contributed by atoms with Crippen molar-refractivity contribution in [1.82, 2.24) is 20.6 Å². The van der Waals surface area contributed by atoms with E-state index in [1.54, 1.807) is 24.3 Å². The van der Waals surface area contributed by atoms with Crippen LogP contribution in [0.15, 0.2) is 24.3 Å². The number of tetrazole rings is 1. The zero-order chi connectivity index (χ0) is 12.3. The van der Waals surface area contributed by atoms with Gasteiger partial charge in [0, 0.05) is 5.56 Å². The lowest BCUT2D eigenvalue weighted by Gasteiger charge is -2.07. The largest absolute Gasteiger partial charge is 0.370 e. The van der Waals surface area contributed by atoms with Crippen molar-refractivity contribution < 1.29 is 9.90 Å². The standard InChI is InChI=1S/C10H10N5O2/c11-9(17)5-8(16)6-2-1-3-7(4-6)10-12-14-15-13-10/h1-4,8H,5H2,(H2,11,17)(H,12,13,14,15). The van der Waals surface area contributed by atoms with E-state index in [1.165, 1.54) is 0 Å². The van der Waals surface area contributed by atoms with Crippen molar-refractivity contribution in [3.8, 4) is 11.4 Å². The zero-order valence-corrected chi connectivity index (χ0v) is 8.83. The molecule has 0 spiro atoms. The average Bonchev–Trinajstić information content (AvgIpc) is 2.82. The fourth-order valence-electron chi connectivity index (χ4n) is 1.47. The van der Waals surface area contributed by atoms with Crippen LogP contribution in [0.1, 0.15) is 18.1 Å². The highest BCUT2D eigenvalue weighted by Crippen LogP contribution is 2.22. The van der Waals surface area contributed by atoms with Gasteiger partial charge in [-0.3, -0.25) is 4.79 Å². The number of carbonyl (C=O) groups excluding carboxylic acids is 1. The molecule has 2 rings (SSSR count). The summed E-state index contributed by atoms with van der Waals surface area (Å²) >= 11 is 0. The Labute approximate surface area is 96.7 Å². The number of amides is 1. The van der Waals surface area contributed by atoms with Crippen LogP contribution in [0.25, 0.3) is 11.4 Å². The number of hydrogen-bond donors (Lipinski definition) is 2. The molecule has 0 aliphatic heterocycles. The third kappa shape index (κ3) is 2.64. The fourth-order valence-corrected chi connectivity index (χ4v) is 1.47. The number of nitrogens with one attached hydrogen (secondary N) is 1. The summed E-state index contributed by atoms with van der Waals surface area (Å²) in [6.45, 7) is 0. The second-order valence-electron chi connectivity index (χ2n) is 3.53. The van der Waals surface area contributed by atoms with Gasteiger partial charge in [-0.15, -0.1) is 5.10 Å². The van der Waals surface area contributed by atoms with Crippen molar-refractivity contribution in [1.29, 1.82) is 0 Å². The molecule has 0 bridgehead atoms. The molecule has 87 valence electrons. The number of aromatic nitrogens is 4. The smallest absolute Gasteiger partial charge is 0.220 e. The Morgan fingerprint density at radius 1 is 1.47 bits per heavy atom. The zero-order valence-electron chi connectivity index (χ0n) is 8.83. The number of rotatable bonds is 4. The van der Waals surface area contributed by atoms with Gasteiger partial charge in [0.05, 0.1) is 6.42 Å². The molecule has 1 unspecified atom stereocenters. The third-order valence-corrected chi connectivity index (χ3v) is 2.26. The molecule has 1 aromatic heterocycles. The molecule has 1 aromatic carbocycles. The van der Waals surface area contributed by atoms with Crippen LogP contribution in [0.2, 0.25) is 0 Å². The first-order chi connectivity index (χ1) is 8.16. The van der Waals surface area contributed by atoms with Gasteiger partial charge >= 0.3 is 0 Å². The minimum Gasteiger partial charge on any atom is -0.370 e. The average molecular weight is 232 g/mol. The summed E-state index contributed by atoms with van der Waals surface area (Å²) in [5, 5.41) is 24.9. The van der Waals surface area contributed by atoms with Gasteiger partial charge in [0.25, 0.3) is 0 Å². The van der Waals surface area contributed by atoms with E-state index < -0.39 is 12.0 Å². The number of aromatic amines is 1. The molecule has 17 heavy (non-hydrogen) atoms. The van der Waals surface area contributed by atoms with Crippen LogP contribution in [0.3, 0.4) is 0 Å².